The molecule has 3 N–H and O–H groups in total. The maximum absolute atomic E-state index is 12.4. The SMILES string of the molecule is CCOc1cc(/C=N\NC(=O)C(=O)NCc2ccc(OC)cc2)cc(I)c1OCC(=O)Nc1ccc(Cl)cc1Cl. The van der Waals surface area contributed by atoms with Gasteiger partial charge >= 0.3 is 11.8 Å². The highest BCUT2D eigenvalue weighted by Crippen LogP contribution is 2.34. The average Bonchev–Trinajstić information content (AvgIpc) is 2.93. The topological polar surface area (TPSA) is 127 Å². The Hall–Kier alpha value is -3.55. The van der Waals surface area contributed by atoms with Crippen LogP contribution in [0.5, 0.6) is 17.2 Å². The van der Waals surface area contributed by atoms with Crippen LogP contribution in [0.4, 0.5) is 5.69 Å². The summed E-state index contributed by atoms with van der Waals surface area (Å²) in [5.74, 6) is -0.763. The molecule has 3 aromatic carbocycles. The van der Waals surface area contributed by atoms with Crippen molar-refractivity contribution in [2.24, 2.45) is 5.10 Å². The molecular weight excluding hydrogens is 674 g/mol. The van der Waals surface area contributed by atoms with Crippen molar-refractivity contribution in [2.45, 2.75) is 13.5 Å². The quantitative estimate of drug-likeness (QED) is 0.114. The molecule has 10 nitrogen and oxygen atoms in total. The number of carbonyl (C=O) groups is 3. The highest BCUT2D eigenvalue weighted by molar-refractivity contribution is 14.1. The molecular formula is C27H25Cl2IN4O6. The third-order valence-electron chi connectivity index (χ3n) is 5.08. The molecule has 0 aliphatic heterocycles. The van der Waals surface area contributed by atoms with Crippen molar-refractivity contribution in [1.29, 1.82) is 0 Å². The smallest absolute Gasteiger partial charge is 0.329 e. The van der Waals surface area contributed by atoms with Crippen LogP contribution in [-0.2, 0) is 20.9 Å². The van der Waals surface area contributed by atoms with E-state index in [9.17, 15) is 14.4 Å². The minimum atomic E-state index is -0.920. The van der Waals surface area contributed by atoms with Gasteiger partial charge in [-0.3, -0.25) is 14.4 Å². The van der Waals surface area contributed by atoms with Gasteiger partial charge in [-0.05, 0) is 83.1 Å². The van der Waals surface area contributed by atoms with Gasteiger partial charge in [0.25, 0.3) is 5.91 Å². The van der Waals surface area contributed by atoms with Gasteiger partial charge in [0.15, 0.2) is 18.1 Å². The van der Waals surface area contributed by atoms with E-state index in [1.165, 1.54) is 12.3 Å². The molecule has 3 rings (SSSR count). The van der Waals surface area contributed by atoms with Crippen LogP contribution in [0.2, 0.25) is 10.0 Å². The zero-order chi connectivity index (χ0) is 29.1. The first-order chi connectivity index (χ1) is 19.2. The second kappa shape index (κ2) is 15.3. The zero-order valence-electron chi connectivity index (χ0n) is 21.4. The van der Waals surface area contributed by atoms with E-state index in [1.807, 2.05) is 22.6 Å². The number of halogens is 3. The number of nitrogens with zero attached hydrogens (tertiary/aromatic N) is 1. The van der Waals surface area contributed by atoms with Crippen molar-refractivity contribution >= 4 is 75.4 Å². The molecule has 0 unspecified atom stereocenters. The number of rotatable bonds is 11. The van der Waals surface area contributed by atoms with Crippen molar-refractivity contribution in [3.63, 3.8) is 0 Å². The molecule has 0 saturated carbocycles. The van der Waals surface area contributed by atoms with Crippen LogP contribution in [0.25, 0.3) is 0 Å². The fraction of sp³-hybridized carbons (Fsp3) is 0.185. The summed E-state index contributed by atoms with van der Waals surface area (Å²) in [6, 6.07) is 15.1. The van der Waals surface area contributed by atoms with Crippen LogP contribution < -0.4 is 30.3 Å². The molecule has 13 heteroatoms. The minimum absolute atomic E-state index is 0.169. The number of carbonyl (C=O) groups excluding carboxylic acids is 3. The van der Waals surface area contributed by atoms with E-state index >= 15 is 0 Å². The molecule has 0 atom stereocenters. The molecule has 0 spiro atoms. The molecule has 0 aliphatic carbocycles. The highest BCUT2D eigenvalue weighted by Gasteiger charge is 2.15. The van der Waals surface area contributed by atoms with Crippen LogP contribution in [-0.4, -0.2) is 44.3 Å². The Bertz CT molecular complexity index is 1400. The number of hydrogen-bond acceptors (Lipinski definition) is 7. The van der Waals surface area contributed by atoms with E-state index in [0.717, 1.165) is 5.56 Å². The number of ether oxygens (including phenoxy) is 3. The Morgan fingerprint density at radius 3 is 2.42 bits per heavy atom. The fourth-order valence-corrected chi connectivity index (χ4v) is 4.44. The maximum Gasteiger partial charge on any atom is 0.329 e. The van der Waals surface area contributed by atoms with Crippen molar-refractivity contribution in [3.8, 4) is 17.2 Å². The molecule has 210 valence electrons. The number of amides is 3. The van der Waals surface area contributed by atoms with Crippen molar-refractivity contribution in [3.05, 3.63) is 79.3 Å². The summed E-state index contributed by atoms with van der Waals surface area (Å²) in [6.07, 6.45) is 1.36. The summed E-state index contributed by atoms with van der Waals surface area (Å²) >= 11 is 14.0. The van der Waals surface area contributed by atoms with Gasteiger partial charge in [0, 0.05) is 11.6 Å². The third kappa shape index (κ3) is 9.28. The predicted octanol–water partition coefficient (Wildman–Crippen LogP) is 4.79. The maximum atomic E-state index is 12.4. The van der Waals surface area contributed by atoms with E-state index in [-0.39, 0.29) is 13.2 Å². The highest BCUT2D eigenvalue weighted by atomic mass is 127. The van der Waals surface area contributed by atoms with Crippen molar-refractivity contribution in [1.82, 2.24) is 10.7 Å². The van der Waals surface area contributed by atoms with E-state index in [2.05, 4.69) is 21.2 Å². The fourth-order valence-electron chi connectivity index (χ4n) is 3.20. The zero-order valence-corrected chi connectivity index (χ0v) is 25.1. The molecule has 0 radical (unpaired) electrons. The lowest BCUT2D eigenvalue weighted by Gasteiger charge is -2.15. The summed E-state index contributed by atoms with van der Waals surface area (Å²) in [7, 11) is 1.56. The summed E-state index contributed by atoms with van der Waals surface area (Å²) in [5, 5.41) is 9.80. The summed E-state index contributed by atoms with van der Waals surface area (Å²) in [6.45, 7) is 2.01. The van der Waals surface area contributed by atoms with Gasteiger partial charge in [-0.25, -0.2) is 5.43 Å². The number of nitrogens with one attached hydrogen (secondary N) is 3. The van der Waals surface area contributed by atoms with Crippen LogP contribution >= 0.6 is 45.8 Å². The van der Waals surface area contributed by atoms with Gasteiger partial charge in [-0.2, -0.15) is 5.10 Å². The summed E-state index contributed by atoms with van der Waals surface area (Å²) < 4.78 is 17.1. The summed E-state index contributed by atoms with van der Waals surface area (Å²) in [4.78, 5) is 36.6. The molecule has 40 heavy (non-hydrogen) atoms. The first-order valence-electron chi connectivity index (χ1n) is 11.8. The Morgan fingerprint density at radius 1 is 1.00 bits per heavy atom. The van der Waals surface area contributed by atoms with E-state index < -0.39 is 17.7 Å². The van der Waals surface area contributed by atoms with Gasteiger partial charge < -0.3 is 24.8 Å². The number of hydrazone groups is 1. The molecule has 0 fully saturated rings. The molecule has 0 heterocycles. The lowest BCUT2D eigenvalue weighted by molar-refractivity contribution is -0.139. The lowest BCUT2D eigenvalue weighted by Crippen LogP contribution is -2.37. The molecule has 3 aromatic rings. The Balaban J connectivity index is 1.57. The standard InChI is InChI=1S/C27H25Cl2IN4O6/c1-3-39-23-11-17(14-32-34-27(37)26(36)31-13-16-4-7-19(38-2)8-5-16)10-21(30)25(23)40-15-24(35)33-22-9-6-18(28)12-20(22)29/h4-12,14H,3,13,15H2,1-2H3,(H,31,36)(H,33,35)(H,34,37)/b32-14-. The Morgan fingerprint density at radius 2 is 1.75 bits per heavy atom. The van der Waals surface area contributed by atoms with E-state index in [0.29, 0.717) is 48.7 Å². The number of methoxy groups -OCH3 is 1. The molecule has 0 aliphatic rings. The normalized spacial score (nSPS) is 10.6. The average molecular weight is 699 g/mol. The van der Waals surface area contributed by atoms with Crippen LogP contribution in [0.3, 0.4) is 0 Å². The largest absolute Gasteiger partial charge is 0.497 e. The van der Waals surface area contributed by atoms with E-state index in [4.69, 9.17) is 37.4 Å². The Kier molecular flexibility index (Phi) is 11.8. The van der Waals surface area contributed by atoms with Crippen LogP contribution in [0, 0.1) is 3.57 Å². The predicted molar refractivity (Wildman–Crippen MR) is 161 cm³/mol. The molecule has 0 aromatic heterocycles. The molecule has 3 amide bonds. The Labute approximate surface area is 254 Å². The molecule has 0 saturated heterocycles. The van der Waals surface area contributed by atoms with Gasteiger partial charge in [-0.15, -0.1) is 0 Å². The number of benzene rings is 3. The number of anilines is 1. The first kappa shape index (κ1) is 31.0. The van der Waals surface area contributed by atoms with Gasteiger partial charge in [0.2, 0.25) is 0 Å². The summed E-state index contributed by atoms with van der Waals surface area (Å²) in [5.41, 5.74) is 3.97. The van der Waals surface area contributed by atoms with Crippen molar-refractivity contribution < 1.29 is 28.6 Å². The molecule has 0 bridgehead atoms. The van der Waals surface area contributed by atoms with Gasteiger partial charge in [-0.1, -0.05) is 35.3 Å². The lowest BCUT2D eigenvalue weighted by atomic mass is 10.2. The van der Waals surface area contributed by atoms with Gasteiger partial charge in [0.05, 0.1) is 34.2 Å². The minimum Gasteiger partial charge on any atom is -0.497 e. The number of hydrogen-bond donors (Lipinski definition) is 3. The van der Waals surface area contributed by atoms with Crippen molar-refractivity contribution in [2.75, 3.05) is 25.6 Å². The van der Waals surface area contributed by atoms with Crippen LogP contribution in [0.15, 0.2) is 59.7 Å². The third-order valence-corrected chi connectivity index (χ3v) is 6.43. The van der Waals surface area contributed by atoms with E-state index in [1.54, 1.807) is 62.6 Å². The first-order valence-corrected chi connectivity index (χ1v) is 13.6. The van der Waals surface area contributed by atoms with Crippen LogP contribution in [0.1, 0.15) is 18.1 Å². The second-order valence-electron chi connectivity index (χ2n) is 7.95. The van der Waals surface area contributed by atoms with Gasteiger partial charge in [0.1, 0.15) is 5.75 Å². The second-order valence-corrected chi connectivity index (χ2v) is 9.96. The monoisotopic (exact) mass is 698 g/mol.